The Bertz CT molecular complexity index is 132. The van der Waals surface area contributed by atoms with Crippen molar-refractivity contribution in [3.63, 3.8) is 0 Å². The molecular weight excluding hydrogens is 150 g/mol. The van der Waals surface area contributed by atoms with Gasteiger partial charge in [-0.2, -0.15) is 0 Å². The van der Waals surface area contributed by atoms with Gasteiger partial charge >= 0.3 is 0 Å². The molecule has 0 aromatic rings. The smallest absolute Gasteiger partial charge is 0.0540 e. The molecule has 0 aromatic heterocycles. The van der Waals surface area contributed by atoms with E-state index in [1.165, 1.54) is 19.3 Å². The van der Waals surface area contributed by atoms with Crippen LogP contribution in [-0.2, 0) is 0 Å². The van der Waals surface area contributed by atoms with Crippen LogP contribution in [0.25, 0.3) is 0 Å². The van der Waals surface area contributed by atoms with E-state index in [-0.39, 0.29) is 0 Å². The van der Waals surface area contributed by atoms with Crippen molar-refractivity contribution >= 4 is 5.71 Å². The number of unbranched alkanes of at least 4 members (excludes halogenated alkanes) is 1. The molecule has 12 heavy (non-hydrogen) atoms. The highest BCUT2D eigenvalue weighted by Crippen LogP contribution is 2.12. The third-order valence-electron chi connectivity index (χ3n) is 2.35. The van der Waals surface area contributed by atoms with E-state index in [0.717, 1.165) is 24.5 Å². The summed E-state index contributed by atoms with van der Waals surface area (Å²) in [5.74, 6) is 0.844. The van der Waals surface area contributed by atoms with Crippen molar-refractivity contribution in [3.05, 3.63) is 0 Å². The molecule has 0 aromatic carbocycles. The molecule has 1 unspecified atom stereocenters. The molecule has 72 valence electrons. The molecule has 0 radical (unpaired) electrons. The predicted octanol–water partition coefficient (Wildman–Crippen LogP) is 3.44. The molecule has 2 nitrogen and oxygen atoms in total. The van der Waals surface area contributed by atoms with Crippen LogP contribution in [0.3, 0.4) is 0 Å². The SMILES string of the molecule is CCC(C)CCCCC(C)=NO. The summed E-state index contributed by atoms with van der Waals surface area (Å²) < 4.78 is 0. The molecule has 0 saturated heterocycles. The first-order chi connectivity index (χ1) is 5.70. The summed E-state index contributed by atoms with van der Waals surface area (Å²) >= 11 is 0. The van der Waals surface area contributed by atoms with Gasteiger partial charge in [0.15, 0.2) is 0 Å². The van der Waals surface area contributed by atoms with Crippen molar-refractivity contribution < 1.29 is 5.21 Å². The Morgan fingerprint density at radius 3 is 2.58 bits per heavy atom. The molecule has 0 bridgehead atoms. The topological polar surface area (TPSA) is 32.6 Å². The molecule has 1 N–H and O–H groups in total. The molecule has 0 spiro atoms. The Kier molecular flexibility index (Phi) is 6.82. The summed E-state index contributed by atoms with van der Waals surface area (Å²) in [5.41, 5.74) is 0.846. The molecule has 0 fully saturated rings. The van der Waals surface area contributed by atoms with E-state index in [2.05, 4.69) is 19.0 Å². The van der Waals surface area contributed by atoms with E-state index in [0.29, 0.717) is 0 Å². The Balaban J connectivity index is 3.21. The zero-order valence-corrected chi connectivity index (χ0v) is 8.51. The average Bonchev–Trinajstić information content (AvgIpc) is 2.11. The minimum atomic E-state index is 0.844. The average molecular weight is 171 g/mol. The van der Waals surface area contributed by atoms with E-state index < -0.39 is 0 Å². The van der Waals surface area contributed by atoms with E-state index in [1.807, 2.05) is 6.92 Å². The van der Waals surface area contributed by atoms with Crippen LogP contribution in [0.15, 0.2) is 5.16 Å². The first kappa shape index (κ1) is 11.5. The summed E-state index contributed by atoms with van der Waals surface area (Å²) in [6.07, 6.45) is 5.91. The molecule has 0 aliphatic carbocycles. The second-order valence-corrected chi connectivity index (χ2v) is 3.59. The third kappa shape index (κ3) is 6.20. The molecule has 0 amide bonds. The lowest BCUT2D eigenvalue weighted by molar-refractivity contribution is 0.317. The maximum Gasteiger partial charge on any atom is 0.0540 e. The van der Waals surface area contributed by atoms with Gasteiger partial charge in [0.25, 0.3) is 0 Å². The minimum absolute atomic E-state index is 0.844. The van der Waals surface area contributed by atoms with Crippen molar-refractivity contribution in [2.75, 3.05) is 0 Å². The predicted molar refractivity (Wildman–Crippen MR) is 52.8 cm³/mol. The highest BCUT2D eigenvalue weighted by atomic mass is 16.4. The van der Waals surface area contributed by atoms with Crippen molar-refractivity contribution in [2.45, 2.75) is 52.9 Å². The monoisotopic (exact) mass is 171 g/mol. The zero-order valence-electron chi connectivity index (χ0n) is 8.51. The Hall–Kier alpha value is -0.530. The van der Waals surface area contributed by atoms with Crippen LogP contribution in [0.4, 0.5) is 0 Å². The van der Waals surface area contributed by atoms with Gasteiger partial charge in [0.2, 0.25) is 0 Å². The van der Waals surface area contributed by atoms with Gasteiger partial charge in [0, 0.05) is 0 Å². The lowest BCUT2D eigenvalue weighted by Crippen LogP contribution is -1.94. The largest absolute Gasteiger partial charge is 0.411 e. The highest BCUT2D eigenvalue weighted by molar-refractivity contribution is 5.81. The Morgan fingerprint density at radius 2 is 2.08 bits per heavy atom. The highest BCUT2D eigenvalue weighted by Gasteiger charge is 1.98. The van der Waals surface area contributed by atoms with Gasteiger partial charge in [-0.05, 0) is 25.7 Å². The summed E-state index contributed by atoms with van der Waals surface area (Å²) in [4.78, 5) is 0. The van der Waals surface area contributed by atoms with E-state index in [1.54, 1.807) is 0 Å². The summed E-state index contributed by atoms with van der Waals surface area (Å²) in [6.45, 7) is 6.38. The molecule has 2 heteroatoms. The third-order valence-corrected chi connectivity index (χ3v) is 2.35. The lowest BCUT2D eigenvalue weighted by Gasteiger charge is -2.06. The van der Waals surface area contributed by atoms with Gasteiger partial charge in [-0.3, -0.25) is 0 Å². The molecule has 0 aliphatic rings. The van der Waals surface area contributed by atoms with Crippen LogP contribution >= 0.6 is 0 Å². The van der Waals surface area contributed by atoms with Crippen molar-refractivity contribution in [1.29, 1.82) is 0 Å². The van der Waals surface area contributed by atoms with Crippen LogP contribution in [-0.4, -0.2) is 10.9 Å². The molecule has 0 saturated carbocycles. The fourth-order valence-electron chi connectivity index (χ4n) is 1.13. The van der Waals surface area contributed by atoms with Gasteiger partial charge in [-0.1, -0.05) is 38.3 Å². The second kappa shape index (κ2) is 7.14. The normalized spacial score (nSPS) is 14.8. The van der Waals surface area contributed by atoms with Crippen molar-refractivity contribution in [1.82, 2.24) is 0 Å². The zero-order chi connectivity index (χ0) is 9.40. The van der Waals surface area contributed by atoms with Crippen molar-refractivity contribution in [2.24, 2.45) is 11.1 Å². The number of hydrogen-bond donors (Lipinski definition) is 1. The fourth-order valence-corrected chi connectivity index (χ4v) is 1.13. The van der Waals surface area contributed by atoms with Gasteiger partial charge < -0.3 is 5.21 Å². The molecule has 0 rings (SSSR count). The Labute approximate surface area is 75.7 Å². The van der Waals surface area contributed by atoms with Gasteiger partial charge in [-0.15, -0.1) is 0 Å². The van der Waals surface area contributed by atoms with Gasteiger partial charge in [0.1, 0.15) is 0 Å². The summed E-state index contributed by atoms with van der Waals surface area (Å²) in [5, 5.41) is 11.5. The van der Waals surface area contributed by atoms with Crippen LogP contribution < -0.4 is 0 Å². The first-order valence-electron chi connectivity index (χ1n) is 4.88. The second-order valence-electron chi connectivity index (χ2n) is 3.59. The molecular formula is C10H21NO. The summed E-state index contributed by atoms with van der Waals surface area (Å²) in [6, 6.07) is 0. The number of hydrogen-bond acceptors (Lipinski definition) is 2. The van der Waals surface area contributed by atoms with Crippen molar-refractivity contribution in [3.8, 4) is 0 Å². The number of rotatable bonds is 6. The van der Waals surface area contributed by atoms with Gasteiger partial charge in [-0.25, -0.2) is 0 Å². The van der Waals surface area contributed by atoms with Crippen LogP contribution in [0.2, 0.25) is 0 Å². The lowest BCUT2D eigenvalue weighted by atomic mass is 10.0. The van der Waals surface area contributed by atoms with E-state index >= 15 is 0 Å². The number of oxime groups is 1. The van der Waals surface area contributed by atoms with E-state index in [9.17, 15) is 0 Å². The molecule has 1 atom stereocenters. The quantitative estimate of drug-likeness (QED) is 0.282. The number of nitrogens with zero attached hydrogens (tertiary/aromatic N) is 1. The fraction of sp³-hybridized carbons (Fsp3) is 0.900. The molecule has 0 heterocycles. The maximum atomic E-state index is 8.38. The summed E-state index contributed by atoms with van der Waals surface area (Å²) in [7, 11) is 0. The molecule has 0 aliphatic heterocycles. The minimum Gasteiger partial charge on any atom is -0.411 e. The first-order valence-corrected chi connectivity index (χ1v) is 4.88. The van der Waals surface area contributed by atoms with Gasteiger partial charge in [0.05, 0.1) is 5.71 Å². The standard InChI is InChI=1S/C10H21NO/c1-4-9(2)7-5-6-8-10(3)11-12/h9,12H,4-8H2,1-3H3. The van der Waals surface area contributed by atoms with Crippen LogP contribution in [0.1, 0.15) is 52.9 Å². The maximum absolute atomic E-state index is 8.38. The van der Waals surface area contributed by atoms with Crippen LogP contribution in [0, 0.1) is 5.92 Å². The van der Waals surface area contributed by atoms with Crippen LogP contribution in [0.5, 0.6) is 0 Å². The Morgan fingerprint density at radius 1 is 1.42 bits per heavy atom. The van der Waals surface area contributed by atoms with E-state index in [4.69, 9.17) is 5.21 Å².